The number of hydrogen-bond donors (Lipinski definition) is 4. The fourth-order valence-electron chi connectivity index (χ4n) is 3.50. The molecule has 0 saturated carbocycles. The zero-order valence-corrected chi connectivity index (χ0v) is 18.7. The molecule has 31 heavy (non-hydrogen) atoms. The molecule has 1 aliphatic rings. The van der Waals surface area contributed by atoms with Crippen LogP contribution in [0.2, 0.25) is 0 Å². The molecule has 2 aromatic carbocycles. The fraction of sp³-hybridized carbons (Fsp3) is 0.364. The van der Waals surface area contributed by atoms with Crippen molar-refractivity contribution in [2.75, 3.05) is 31.1 Å². The maximum atomic E-state index is 12.6. The molecular weight excluding hydrogens is 466 g/mol. The van der Waals surface area contributed by atoms with Crippen LogP contribution in [0, 0.1) is 0 Å². The number of phenols is 1. The molecule has 4 N–H and O–H groups in total. The summed E-state index contributed by atoms with van der Waals surface area (Å²) in [5, 5.41) is 33.1. The zero-order valence-electron chi connectivity index (χ0n) is 17.1. The zero-order chi connectivity index (χ0) is 22.5. The van der Waals surface area contributed by atoms with Crippen LogP contribution in [0.3, 0.4) is 0 Å². The predicted molar refractivity (Wildman–Crippen MR) is 120 cm³/mol. The second kappa shape index (κ2) is 10.1. The lowest BCUT2D eigenvalue weighted by atomic mass is 10.1. The number of piperazine rings is 1. The first-order chi connectivity index (χ1) is 14.8. The Bertz CT molecular complexity index is 916. The van der Waals surface area contributed by atoms with Crippen molar-refractivity contribution in [3.05, 3.63) is 58.6 Å². The van der Waals surface area contributed by atoms with E-state index in [1.807, 2.05) is 35.2 Å². The smallest absolute Gasteiger partial charge is 0.254 e. The second-order valence-corrected chi connectivity index (χ2v) is 8.39. The van der Waals surface area contributed by atoms with Gasteiger partial charge in [0.15, 0.2) is 12.2 Å². The summed E-state index contributed by atoms with van der Waals surface area (Å²) in [5.41, 5.74) is 1.50. The monoisotopic (exact) mass is 491 g/mol. The summed E-state index contributed by atoms with van der Waals surface area (Å²) >= 11 is 3.34. The number of aromatic hydroxyl groups is 1. The van der Waals surface area contributed by atoms with Gasteiger partial charge in [-0.15, -0.1) is 0 Å². The van der Waals surface area contributed by atoms with Gasteiger partial charge in [-0.3, -0.25) is 9.59 Å². The lowest BCUT2D eigenvalue weighted by Gasteiger charge is -2.37. The molecule has 8 nitrogen and oxygen atoms in total. The highest BCUT2D eigenvalue weighted by atomic mass is 79.9. The minimum atomic E-state index is -1.87. The molecule has 1 heterocycles. The van der Waals surface area contributed by atoms with E-state index >= 15 is 0 Å². The Labute approximate surface area is 189 Å². The molecule has 0 bridgehead atoms. The van der Waals surface area contributed by atoms with Gasteiger partial charge in [-0.2, -0.15) is 0 Å². The van der Waals surface area contributed by atoms with Crippen LogP contribution in [0.5, 0.6) is 5.75 Å². The molecular formula is C22H26BrN3O5. The van der Waals surface area contributed by atoms with Crippen molar-refractivity contribution in [3.8, 4) is 5.75 Å². The van der Waals surface area contributed by atoms with Gasteiger partial charge in [-0.25, -0.2) is 0 Å². The molecule has 9 heteroatoms. The van der Waals surface area contributed by atoms with E-state index in [4.69, 9.17) is 0 Å². The Morgan fingerprint density at radius 1 is 0.968 bits per heavy atom. The van der Waals surface area contributed by atoms with Crippen molar-refractivity contribution >= 4 is 33.4 Å². The number of carbonyl (C=O) groups is 2. The summed E-state index contributed by atoms with van der Waals surface area (Å²) in [6.45, 7) is 3.26. The van der Waals surface area contributed by atoms with Crippen LogP contribution in [0.25, 0.3) is 0 Å². The van der Waals surface area contributed by atoms with Crippen LogP contribution >= 0.6 is 15.9 Å². The van der Waals surface area contributed by atoms with E-state index in [1.165, 1.54) is 4.90 Å². The van der Waals surface area contributed by atoms with Crippen LogP contribution in [0.4, 0.5) is 5.69 Å². The molecule has 2 unspecified atom stereocenters. The van der Waals surface area contributed by atoms with Crippen molar-refractivity contribution in [2.24, 2.45) is 0 Å². The number of hydrogen-bond acceptors (Lipinski definition) is 6. The average Bonchev–Trinajstić information content (AvgIpc) is 2.78. The van der Waals surface area contributed by atoms with E-state index in [0.717, 1.165) is 10.0 Å². The number of rotatable bonds is 6. The SMILES string of the molecule is C[C@H](NC(=O)C(O)C(O)C(=O)N1CCN(c2ccccc2O)CC1)c1ccc(Br)cc1. The van der Waals surface area contributed by atoms with E-state index < -0.39 is 30.1 Å². The van der Waals surface area contributed by atoms with Crippen LogP contribution < -0.4 is 10.2 Å². The molecule has 0 aliphatic carbocycles. The first-order valence-electron chi connectivity index (χ1n) is 10.0. The number of aliphatic hydroxyl groups is 2. The molecule has 3 rings (SSSR count). The first kappa shape index (κ1) is 23.1. The van der Waals surface area contributed by atoms with Gasteiger partial charge in [0.1, 0.15) is 5.75 Å². The van der Waals surface area contributed by atoms with E-state index in [9.17, 15) is 24.9 Å². The highest BCUT2D eigenvalue weighted by Crippen LogP contribution is 2.27. The maximum absolute atomic E-state index is 12.6. The Hall–Kier alpha value is -2.62. The molecule has 2 amide bonds. The van der Waals surface area contributed by atoms with E-state index in [2.05, 4.69) is 21.2 Å². The van der Waals surface area contributed by atoms with Gasteiger partial charge >= 0.3 is 0 Å². The lowest BCUT2D eigenvalue weighted by molar-refractivity contribution is -0.153. The summed E-state index contributed by atoms with van der Waals surface area (Å²) in [6.07, 6.45) is -3.73. The minimum absolute atomic E-state index is 0.161. The Balaban J connectivity index is 1.53. The van der Waals surface area contributed by atoms with Crippen molar-refractivity contribution in [1.82, 2.24) is 10.2 Å². The standard InChI is InChI=1S/C22H26BrN3O5/c1-14(15-6-8-16(23)9-7-15)24-21(30)19(28)20(29)22(31)26-12-10-25(11-13-26)17-4-2-3-5-18(17)27/h2-9,14,19-20,27-29H,10-13H2,1H3,(H,24,30)/t14-,19?,20?/m0/s1. The van der Waals surface area contributed by atoms with Gasteiger partial charge in [-0.05, 0) is 36.8 Å². The van der Waals surface area contributed by atoms with E-state index in [0.29, 0.717) is 31.9 Å². The normalized spacial score (nSPS) is 17.0. The van der Waals surface area contributed by atoms with Gasteiger partial charge in [0.25, 0.3) is 11.8 Å². The number of nitrogens with zero attached hydrogens (tertiary/aromatic N) is 2. The van der Waals surface area contributed by atoms with Crippen molar-refractivity contribution in [1.29, 1.82) is 0 Å². The van der Waals surface area contributed by atoms with Crippen molar-refractivity contribution < 1.29 is 24.9 Å². The van der Waals surface area contributed by atoms with Crippen molar-refractivity contribution in [3.63, 3.8) is 0 Å². The quantitative estimate of drug-likeness (QED) is 0.485. The number of para-hydroxylation sites is 2. The second-order valence-electron chi connectivity index (χ2n) is 7.47. The summed E-state index contributed by atoms with van der Waals surface area (Å²) in [7, 11) is 0. The number of aliphatic hydroxyl groups excluding tert-OH is 2. The third kappa shape index (κ3) is 5.55. The van der Waals surface area contributed by atoms with Gasteiger partial charge in [0.05, 0.1) is 11.7 Å². The molecule has 1 aliphatic heterocycles. The van der Waals surface area contributed by atoms with Gasteiger partial charge < -0.3 is 30.4 Å². The molecule has 2 aromatic rings. The lowest BCUT2D eigenvalue weighted by Crippen LogP contribution is -2.55. The highest BCUT2D eigenvalue weighted by Gasteiger charge is 2.35. The molecule has 1 fully saturated rings. The molecule has 0 radical (unpaired) electrons. The number of amides is 2. The number of nitrogens with one attached hydrogen (secondary N) is 1. The predicted octanol–water partition coefficient (Wildman–Crippen LogP) is 1.40. The number of carbonyl (C=O) groups excluding carboxylic acids is 2. The number of phenolic OH excluding ortho intramolecular Hbond substituents is 1. The largest absolute Gasteiger partial charge is 0.506 e. The number of halogens is 1. The summed E-state index contributed by atoms with van der Waals surface area (Å²) in [5.74, 6) is -1.35. The fourth-order valence-corrected chi connectivity index (χ4v) is 3.76. The Morgan fingerprint density at radius 3 is 2.19 bits per heavy atom. The van der Waals surface area contributed by atoms with E-state index in [-0.39, 0.29) is 5.75 Å². The van der Waals surface area contributed by atoms with Crippen molar-refractivity contribution in [2.45, 2.75) is 25.2 Å². The average molecular weight is 492 g/mol. The highest BCUT2D eigenvalue weighted by molar-refractivity contribution is 9.10. The van der Waals surface area contributed by atoms with Gasteiger partial charge in [0.2, 0.25) is 0 Å². The first-order valence-corrected chi connectivity index (χ1v) is 10.8. The topological polar surface area (TPSA) is 113 Å². The number of benzene rings is 2. The van der Waals surface area contributed by atoms with Crippen LogP contribution in [-0.4, -0.2) is 70.4 Å². The molecule has 166 valence electrons. The Kier molecular flexibility index (Phi) is 7.53. The summed E-state index contributed by atoms with van der Waals surface area (Å²) in [6, 6.07) is 13.9. The summed E-state index contributed by atoms with van der Waals surface area (Å²) in [4.78, 5) is 28.3. The third-order valence-electron chi connectivity index (χ3n) is 5.36. The summed E-state index contributed by atoms with van der Waals surface area (Å²) < 4.78 is 0.901. The van der Waals surface area contributed by atoms with Crippen LogP contribution in [0.15, 0.2) is 53.0 Å². The van der Waals surface area contributed by atoms with Gasteiger partial charge in [0, 0.05) is 30.7 Å². The minimum Gasteiger partial charge on any atom is -0.506 e. The third-order valence-corrected chi connectivity index (χ3v) is 5.89. The molecule has 3 atom stereocenters. The maximum Gasteiger partial charge on any atom is 0.254 e. The van der Waals surface area contributed by atoms with E-state index in [1.54, 1.807) is 25.1 Å². The molecule has 1 saturated heterocycles. The van der Waals surface area contributed by atoms with Crippen LogP contribution in [-0.2, 0) is 9.59 Å². The van der Waals surface area contributed by atoms with Crippen LogP contribution in [0.1, 0.15) is 18.5 Å². The molecule has 0 aromatic heterocycles. The Morgan fingerprint density at radius 2 is 1.58 bits per heavy atom. The molecule has 0 spiro atoms. The van der Waals surface area contributed by atoms with Gasteiger partial charge in [-0.1, -0.05) is 40.2 Å². The number of anilines is 1.